The van der Waals surface area contributed by atoms with E-state index >= 15 is 0 Å². The van der Waals surface area contributed by atoms with Crippen LogP contribution in [0.1, 0.15) is 19.4 Å². The second-order valence-corrected chi connectivity index (χ2v) is 5.94. The number of hydrogen-bond donors (Lipinski definition) is 1. The van der Waals surface area contributed by atoms with Gasteiger partial charge in [0.15, 0.2) is 0 Å². The van der Waals surface area contributed by atoms with E-state index in [1.807, 2.05) is 26.2 Å². The molecule has 0 amide bonds. The van der Waals surface area contributed by atoms with Crippen molar-refractivity contribution in [3.8, 4) is 5.75 Å². The van der Waals surface area contributed by atoms with Crippen molar-refractivity contribution in [3.63, 3.8) is 0 Å². The quantitative estimate of drug-likeness (QED) is 0.635. The van der Waals surface area contributed by atoms with E-state index in [1.165, 1.54) is 5.56 Å². The molecule has 21 heavy (non-hydrogen) atoms. The molecular formula is C17H30N2O2. The average Bonchev–Trinajstić information content (AvgIpc) is 2.42. The van der Waals surface area contributed by atoms with Crippen molar-refractivity contribution in [2.45, 2.75) is 20.4 Å². The Bertz CT molecular complexity index is 381. The van der Waals surface area contributed by atoms with Gasteiger partial charge in [-0.2, -0.15) is 0 Å². The van der Waals surface area contributed by atoms with E-state index in [-0.39, 0.29) is 0 Å². The first-order valence-electron chi connectivity index (χ1n) is 7.73. The standard InChI is InChI=1S/C17H30N2O2/c1-15(2)13-18-14-16-6-5-7-17(12-16)21-11-10-20-9-8-19(3)4/h5-7,12,15,18H,8-11,13-14H2,1-4H3. The second kappa shape index (κ2) is 10.6. The molecular weight excluding hydrogens is 264 g/mol. The first kappa shape index (κ1) is 18.0. The van der Waals surface area contributed by atoms with Gasteiger partial charge in [-0.1, -0.05) is 26.0 Å². The van der Waals surface area contributed by atoms with Gasteiger partial charge >= 0.3 is 0 Å². The molecule has 0 spiro atoms. The van der Waals surface area contributed by atoms with Crippen molar-refractivity contribution >= 4 is 0 Å². The summed E-state index contributed by atoms with van der Waals surface area (Å²) in [4.78, 5) is 2.11. The zero-order valence-corrected chi connectivity index (χ0v) is 13.9. The Labute approximate surface area is 129 Å². The lowest BCUT2D eigenvalue weighted by molar-refractivity contribution is 0.0889. The smallest absolute Gasteiger partial charge is 0.119 e. The van der Waals surface area contributed by atoms with Gasteiger partial charge in [-0.25, -0.2) is 0 Å². The third-order valence-corrected chi connectivity index (χ3v) is 2.96. The highest BCUT2D eigenvalue weighted by Gasteiger charge is 1.99. The van der Waals surface area contributed by atoms with Gasteiger partial charge in [0.1, 0.15) is 12.4 Å². The fourth-order valence-corrected chi connectivity index (χ4v) is 1.82. The van der Waals surface area contributed by atoms with Crippen LogP contribution in [-0.4, -0.2) is 51.9 Å². The molecule has 1 rings (SSSR count). The van der Waals surface area contributed by atoms with Gasteiger partial charge in [-0.15, -0.1) is 0 Å². The highest BCUT2D eigenvalue weighted by atomic mass is 16.5. The maximum absolute atomic E-state index is 5.71. The monoisotopic (exact) mass is 294 g/mol. The largest absolute Gasteiger partial charge is 0.491 e. The molecule has 1 N–H and O–H groups in total. The molecule has 120 valence electrons. The minimum atomic E-state index is 0.594. The number of nitrogens with one attached hydrogen (secondary N) is 1. The van der Waals surface area contributed by atoms with Crippen molar-refractivity contribution in [3.05, 3.63) is 29.8 Å². The van der Waals surface area contributed by atoms with Crippen molar-refractivity contribution in [2.75, 3.05) is 47.0 Å². The maximum atomic E-state index is 5.71. The molecule has 0 fully saturated rings. The van der Waals surface area contributed by atoms with Crippen LogP contribution in [0.25, 0.3) is 0 Å². The number of likely N-dealkylation sites (N-methyl/N-ethyl adjacent to an activating group) is 1. The number of ether oxygens (including phenoxy) is 2. The summed E-state index contributed by atoms with van der Waals surface area (Å²) in [5.41, 5.74) is 1.25. The molecule has 1 aromatic rings. The summed E-state index contributed by atoms with van der Waals surface area (Å²) in [5.74, 6) is 1.58. The maximum Gasteiger partial charge on any atom is 0.119 e. The molecule has 0 atom stereocenters. The van der Waals surface area contributed by atoms with Gasteiger partial charge < -0.3 is 19.7 Å². The average molecular weight is 294 g/mol. The Morgan fingerprint density at radius 1 is 1.14 bits per heavy atom. The van der Waals surface area contributed by atoms with Crippen LogP contribution in [0.3, 0.4) is 0 Å². The van der Waals surface area contributed by atoms with Gasteiger partial charge in [-0.3, -0.25) is 0 Å². The molecule has 0 aliphatic rings. The van der Waals surface area contributed by atoms with E-state index in [1.54, 1.807) is 0 Å². The van der Waals surface area contributed by atoms with Gasteiger partial charge in [-0.05, 0) is 44.3 Å². The van der Waals surface area contributed by atoms with E-state index in [4.69, 9.17) is 9.47 Å². The van der Waals surface area contributed by atoms with Crippen LogP contribution >= 0.6 is 0 Å². The van der Waals surface area contributed by atoms with Crippen LogP contribution in [0.2, 0.25) is 0 Å². The molecule has 4 heteroatoms. The summed E-state index contributed by atoms with van der Waals surface area (Å²) < 4.78 is 11.2. The van der Waals surface area contributed by atoms with Crippen molar-refractivity contribution in [2.24, 2.45) is 5.92 Å². The summed E-state index contributed by atoms with van der Waals surface area (Å²) in [6.45, 7) is 9.25. The molecule has 0 radical (unpaired) electrons. The van der Waals surface area contributed by atoms with Gasteiger partial charge in [0.05, 0.1) is 13.2 Å². The lowest BCUT2D eigenvalue weighted by Crippen LogP contribution is -2.19. The van der Waals surface area contributed by atoms with E-state index in [0.717, 1.165) is 32.0 Å². The first-order valence-corrected chi connectivity index (χ1v) is 7.73. The lowest BCUT2D eigenvalue weighted by atomic mass is 10.2. The van der Waals surface area contributed by atoms with Crippen LogP contribution in [0.4, 0.5) is 0 Å². The molecule has 0 aliphatic heterocycles. The molecule has 0 aliphatic carbocycles. The minimum Gasteiger partial charge on any atom is -0.491 e. The van der Waals surface area contributed by atoms with Crippen molar-refractivity contribution in [1.82, 2.24) is 10.2 Å². The predicted molar refractivity (Wildman–Crippen MR) is 87.9 cm³/mol. The molecule has 0 unspecified atom stereocenters. The Morgan fingerprint density at radius 2 is 1.95 bits per heavy atom. The van der Waals surface area contributed by atoms with Crippen LogP contribution in [0.15, 0.2) is 24.3 Å². The van der Waals surface area contributed by atoms with Crippen LogP contribution in [-0.2, 0) is 11.3 Å². The van der Waals surface area contributed by atoms with Crippen LogP contribution < -0.4 is 10.1 Å². The first-order chi connectivity index (χ1) is 10.1. The third kappa shape index (κ3) is 9.45. The molecule has 0 bridgehead atoms. The topological polar surface area (TPSA) is 33.7 Å². The van der Waals surface area contributed by atoms with E-state index in [9.17, 15) is 0 Å². The SMILES string of the molecule is CC(C)CNCc1cccc(OCCOCCN(C)C)c1. The number of hydrogen-bond acceptors (Lipinski definition) is 4. The van der Waals surface area contributed by atoms with Gasteiger partial charge in [0.2, 0.25) is 0 Å². The lowest BCUT2D eigenvalue weighted by Gasteiger charge is -2.11. The highest BCUT2D eigenvalue weighted by Crippen LogP contribution is 2.13. The fourth-order valence-electron chi connectivity index (χ4n) is 1.82. The summed E-state index contributed by atoms with van der Waals surface area (Å²) in [6, 6.07) is 8.24. The zero-order valence-electron chi connectivity index (χ0n) is 13.9. The van der Waals surface area contributed by atoms with E-state index < -0.39 is 0 Å². The normalized spacial score (nSPS) is 11.3. The Balaban J connectivity index is 2.20. The van der Waals surface area contributed by atoms with E-state index in [0.29, 0.717) is 19.1 Å². The molecule has 0 heterocycles. The summed E-state index contributed by atoms with van der Waals surface area (Å²) >= 11 is 0. The van der Waals surface area contributed by atoms with Gasteiger partial charge in [0, 0.05) is 13.1 Å². The number of rotatable bonds is 11. The molecule has 0 saturated carbocycles. The molecule has 0 aromatic heterocycles. The highest BCUT2D eigenvalue weighted by molar-refractivity contribution is 5.28. The predicted octanol–water partition coefficient (Wildman–Crippen LogP) is 2.39. The fraction of sp³-hybridized carbons (Fsp3) is 0.647. The van der Waals surface area contributed by atoms with Crippen molar-refractivity contribution < 1.29 is 9.47 Å². The van der Waals surface area contributed by atoms with Crippen LogP contribution in [0, 0.1) is 5.92 Å². The second-order valence-electron chi connectivity index (χ2n) is 5.94. The molecule has 1 aromatic carbocycles. The zero-order chi connectivity index (χ0) is 15.5. The van der Waals surface area contributed by atoms with Gasteiger partial charge in [0.25, 0.3) is 0 Å². The molecule has 4 nitrogen and oxygen atoms in total. The Hall–Kier alpha value is -1.10. The summed E-state index contributed by atoms with van der Waals surface area (Å²) in [7, 11) is 4.08. The third-order valence-electron chi connectivity index (χ3n) is 2.96. The number of nitrogens with zero attached hydrogens (tertiary/aromatic N) is 1. The minimum absolute atomic E-state index is 0.594. The Kier molecular flexibility index (Phi) is 9.06. The van der Waals surface area contributed by atoms with Crippen LogP contribution in [0.5, 0.6) is 5.75 Å². The molecule has 0 saturated heterocycles. The van der Waals surface area contributed by atoms with Crippen molar-refractivity contribution in [1.29, 1.82) is 0 Å². The van der Waals surface area contributed by atoms with E-state index in [2.05, 4.69) is 36.2 Å². The number of benzene rings is 1. The summed E-state index contributed by atoms with van der Waals surface area (Å²) in [6.07, 6.45) is 0. The summed E-state index contributed by atoms with van der Waals surface area (Å²) in [5, 5.41) is 3.44. The Morgan fingerprint density at radius 3 is 2.67 bits per heavy atom.